The van der Waals surface area contributed by atoms with Gasteiger partial charge in [0.1, 0.15) is 4.60 Å². The first-order chi connectivity index (χ1) is 3.79. The van der Waals surface area contributed by atoms with E-state index < -0.39 is 0 Å². The van der Waals surface area contributed by atoms with Crippen LogP contribution in [0.2, 0.25) is 0 Å². The Bertz CT molecular complexity index is 211. The van der Waals surface area contributed by atoms with E-state index in [2.05, 4.69) is 32.2 Å². The number of nitrogens with zero attached hydrogens (tertiary/aromatic N) is 1. The first-order valence-corrected chi connectivity index (χ1v) is 2.71. The monoisotopic (exact) mass is 173 g/mol. The van der Waals surface area contributed by atoms with E-state index in [0.29, 0.717) is 4.60 Å². The SMILES string of the molecule is O=c1c[c]c(Br)n[nH]1. The summed E-state index contributed by atoms with van der Waals surface area (Å²) < 4.78 is 0.511. The summed E-state index contributed by atoms with van der Waals surface area (Å²) in [6, 6.07) is 3.84. The van der Waals surface area contributed by atoms with Crippen molar-refractivity contribution in [2.45, 2.75) is 0 Å². The van der Waals surface area contributed by atoms with Crippen molar-refractivity contribution in [3.05, 3.63) is 27.1 Å². The second-order valence-corrected chi connectivity index (χ2v) is 1.92. The zero-order valence-corrected chi connectivity index (χ0v) is 5.40. The smallest absolute Gasteiger partial charge is 0.264 e. The van der Waals surface area contributed by atoms with Gasteiger partial charge >= 0.3 is 0 Å². The fourth-order valence-electron chi connectivity index (χ4n) is 0.294. The molecule has 0 saturated heterocycles. The predicted octanol–water partition coefficient (Wildman–Crippen LogP) is 0.333. The standard InChI is InChI=1S/C4H2BrN2O/c5-3-1-2-4(8)7-6-3/h2H,(H,7,8). The molecular weight excluding hydrogens is 172 g/mol. The molecule has 0 atom stereocenters. The zero-order valence-electron chi connectivity index (χ0n) is 3.81. The van der Waals surface area contributed by atoms with E-state index in [-0.39, 0.29) is 5.56 Å². The Morgan fingerprint density at radius 1 is 1.88 bits per heavy atom. The first-order valence-electron chi connectivity index (χ1n) is 1.92. The molecule has 0 fully saturated rings. The quantitative estimate of drug-likeness (QED) is 0.615. The maximum atomic E-state index is 10.3. The summed E-state index contributed by atoms with van der Waals surface area (Å²) in [5.74, 6) is 0. The Morgan fingerprint density at radius 2 is 2.62 bits per heavy atom. The average molecular weight is 174 g/mol. The van der Waals surface area contributed by atoms with Gasteiger partial charge in [-0.2, -0.15) is 5.10 Å². The van der Waals surface area contributed by atoms with Crippen LogP contribution in [0.4, 0.5) is 0 Å². The van der Waals surface area contributed by atoms with Gasteiger partial charge in [-0.05, 0) is 15.9 Å². The van der Waals surface area contributed by atoms with E-state index in [1.165, 1.54) is 6.07 Å². The van der Waals surface area contributed by atoms with Gasteiger partial charge in [-0.15, -0.1) is 0 Å². The zero-order chi connectivity index (χ0) is 5.98. The molecule has 8 heavy (non-hydrogen) atoms. The molecule has 0 aliphatic carbocycles. The van der Waals surface area contributed by atoms with Crippen LogP contribution in [0.3, 0.4) is 0 Å². The minimum atomic E-state index is -0.242. The maximum Gasteiger partial charge on any atom is 0.264 e. The van der Waals surface area contributed by atoms with Crippen molar-refractivity contribution in [1.82, 2.24) is 10.2 Å². The lowest BCUT2D eigenvalue weighted by atomic mass is 10.6. The van der Waals surface area contributed by atoms with E-state index in [9.17, 15) is 4.79 Å². The number of halogens is 1. The molecule has 1 aromatic heterocycles. The highest BCUT2D eigenvalue weighted by Crippen LogP contribution is 1.95. The van der Waals surface area contributed by atoms with Crippen molar-refractivity contribution in [3.63, 3.8) is 0 Å². The van der Waals surface area contributed by atoms with Gasteiger partial charge in [0.15, 0.2) is 0 Å². The van der Waals surface area contributed by atoms with Crippen LogP contribution in [0.15, 0.2) is 15.5 Å². The van der Waals surface area contributed by atoms with Crippen LogP contribution in [0, 0.1) is 6.07 Å². The number of hydrogen-bond donors (Lipinski definition) is 1. The minimum absolute atomic E-state index is 0.242. The summed E-state index contributed by atoms with van der Waals surface area (Å²) in [4.78, 5) is 10.3. The van der Waals surface area contributed by atoms with Crippen LogP contribution in [-0.4, -0.2) is 10.2 Å². The largest absolute Gasteiger partial charge is 0.268 e. The van der Waals surface area contributed by atoms with Gasteiger partial charge in [0.2, 0.25) is 0 Å². The number of aromatic nitrogens is 2. The highest BCUT2D eigenvalue weighted by molar-refractivity contribution is 9.10. The van der Waals surface area contributed by atoms with E-state index in [0.717, 1.165) is 0 Å². The Hall–Kier alpha value is -0.640. The molecule has 1 aromatic rings. The highest BCUT2D eigenvalue weighted by Gasteiger charge is 1.83. The molecule has 0 amide bonds. The van der Waals surface area contributed by atoms with Crippen molar-refractivity contribution in [1.29, 1.82) is 0 Å². The Balaban J connectivity index is 3.22. The van der Waals surface area contributed by atoms with Gasteiger partial charge < -0.3 is 0 Å². The first kappa shape index (κ1) is 5.50. The van der Waals surface area contributed by atoms with Crippen LogP contribution < -0.4 is 5.56 Å². The number of nitrogens with one attached hydrogen (secondary N) is 1. The Morgan fingerprint density at radius 3 is 3.00 bits per heavy atom. The summed E-state index contributed by atoms with van der Waals surface area (Å²) in [6.45, 7) is 0. The molecule has 0 aliphatic rings. The molecule has 0 saturated carbocycles. The van der Waals surface area contributed by atoms with E-state index >= 15 is 0 Å². The number of H-pyrrole nitrogens is 1. The molecule has 1 N–H and O–H groups in total. The second-order valence-electron chi connectivity index (χ2n) is 1.17. The molecule has 1 heterocycles. The summed E-state index contributed by atoms with van der Waals surface area (Å²) >= 11 is 3.01. The summed E-state index contributed by atoms with van der Waals surface area (Å²) in [5.41, 5.74) is -0.242. The third-order valence-corrected chi connectivity index (χ3v) is 0.993. The molecule has 41 valence electrons. The number of aromatic amines is 1. The summed E-state index contributed by atoms with van der Waals surface area (Å²) in [6.07, 6.45) is 0. The topological polar surface area (TPSA) is 45.8 Å². The lowest BCUT2D eigenvalue weighted by Crippen LogP contribution is -2.04. The predicted molar refractivity (Wildman–Crippen MR) is 31.4 cm³/mol. The highest BCUT2D eigenvalue weighted by atomic mass is 79.9. The molecule has 0 unspecified atom stereocenters. The average Bonchev–Trinajstić information content (AvgIpc) is 1.77. The van der Waals surface area contributed by atoms with Crippen molar-refractivity contribution < 1.29 is 0 Å². The van der Waals surface area contributed by atoms with Crippen molar-refractivity contribution in [3.8, 4) is 0 Å². The molecule has 4 heteroatoms. The van der Waals surface area contributed by atoms with Crippen molar-refractivity contribution in [2.75, 3.05) is 0 Å². The van der Waals surface area contributed by atoms with Crippen molar-refractivity contribution >= 4 is 15.9 Å². The van der Waals surface area contributed by atoms with E-state index in [4.69, 9.17) is 0 Å². The van der Waals surface area contributed by atoms with Crippen LogP contribution in [-0.2, 0) is 0 Å². The molecule has 1 radical (unpaired) electrons. The van der Waals surface area contributed by atoms with Crippen LogP contribution in [0.25, 0.3) is 0 Å². The fourth-order valence-corrected chi connectivity index (χ4v) is 0.497. The van der Waals surface area contributed by atoms with E-state index in [1.807, 2.05) is 0 Å². The maximum absolute atomic E-state index is 10.3. The van der Waals surface area contributed by atoms with Gasteiger partial charge in [0.05, 0.1) is 0 Å². The molecule has 0 bridgehead atoms. The molecule has 0 aliphatic heterocycles. The normalized spacial score (nSPS) is 9.12. The van der Waals surface area contributed by atoms with Crippen LogP contribution >= 0.6 is 15.9 Å². The van der Waals surface area contributed by atoms with Crippen LogP contribution in [0.5, 0.6) is 0 Å². The number of hydrogen-bond acceptors (Lipinski definition) is 2. The third-order valence-electron chi connectivity index (χ3n) is 0.587. The summed E-state index contributed by atoms with van der Waals surface area (Å²) in [5, 5.41) is 5.72. The molecule has 0 aromatic carbocycles. The third kappa shape index (κ3) is 1.16. The fraction of sp³-hybridized carbons (Fsp3) is 0. The lowest BCUT2D eigenvalue weighted by molar-refractivity contribution is 0.963. The molecule has 0 spiro atoms. The Kier molecular flexibility index (Phi) is 1.43. The van der Waals surface area contributed by atoms with Gasteiger partial charge in [0.25, 0.3) is 5.56 Å². The van der Waals surface area contributed by atoms with Crippen molar-refractivity contribution in [2.24, 2.45) is 0 Å². The van der Waals surface area contributed by atoms with Gasteiger partial charge in [-0.1, -0.05) is 0 Å². The van der Waals surface area contributed by atoms with E-state index in [1.54, 1.807) is 0 Å². The lowest BCUT2D eigenvalue weighted by Gasteiger charge is -1.80. The molecular formula is C4H2BrN2O. The number of rotatable bonds is 0. The Labute approximate surface area is 53.9 Å². The van der Waals surface area contributed by atoms with Gasteiger partial charge in [-0.3, -0.25) is 4.79 Å². The summed E-state index contributed by atoms with van der Waals surface area (Å²) in [7, 11) is 0. The molecule has 3 nitrogen and oxygen atoms in total. The van der Waals surface area contributed by atoms with Gasteiger partial charge in [-0.25, -0.2) is 5.10 Å². The second kappa shape index (κ2) is 2.09. The molecule has 1 rings (SSSR count). The van der Waals surface area contributed by atoms with Crippen LogP contribution in [0.1, 0.15) is 0 Å². The minimum Gasteiger partial charge on any atom is -0.268 e. The van der Waals surface area contributed by atoms with Gasteiger partial charge in [0, 0.05) is 12.1 Å².